The van der Waals surface area contributed by atoms with Gasteiger partial charge in [-0.15, -0.1) is 0 Å². The second-order valence-electron chi connectivity index (χ2n) is 15.7. The van der Waals surface area contributed by atoms with Crippen molar-refractivity contribution in [2.45, 2.75) is 0 Å². The van der Waals surface area contributed by atoms with Crippen molar-refractivity contribution in [2.75, 3.05) is 0 Å². The van der Waals surface area contributed by atoms with Crippen LogP contribution in [0.3, 0.4) is 0 Å². The van der Waals surface area contributed by atoms with Crippen LogP contribution < -0.4 is 0 Å². The van der Waals surface area contributed by atoms with Crippen molar-refractivity contribution < 1.29 is 4.42 Å². The van der Waals surface area contributed by atoms with E-state index in [2.05, 4.69) is 226 Å². The molecule has 0 aliphatic rings. The summed E-state index contributed by atoms with van der Waals surface area (Å²) in [4.78, 5) is 0. The van der Waals surface area contributed by atoms with Gasteiger partial charge in [0.2, 0.25) is 5.71 Å². The molecule has 0 N–H and O–H groups in total. The largest absolute Gasteiger partial charge is 0.438 e. The SMILES string of the molecule is c1ccc(-n2c3ccccc3c3cc(-c4ccc5c(c4)c4ccccc4n5-c4ccc(-c5cccc6c5oc5c6c6ccccc6n5-c5ccccc5)cc4)ccc32)cc1. The molecule has 0 aliphatic heterocycles. The molecule has 0 bridgehead atoms. The van der Waals surface area contributed by atoms with E-state index in [1.54, 1.807) is 0 Å². The summed E-state index contributed by atoms with van der Waals surface area (Å²) in [5, 5.41) is 8.43. The third-order valence-corrected chi connectivity index (χ3v) is 12.5. The molecular formula is C56H35N3O. The van der Waals surface area contributed by atoms with E-state index in [4.69, 9.17) is 4.42 Å². The number of hydrogen-bond donors (Lipinski definition) is 0. The van der Waals surface area contributed by atoms with Gasteiger partial charge < -0.3 is 13.6 Å². The van der Waals surface area contributed by atoms with Gasteiger partial charge in [0.05, 0.1) is 33.0 Å². The van der Waals surface area contributed by atoms with Crippen LogP contribution in [0.25, 0.3) is 116 Å². The molecule has 0 spiro atoms. The first-order valence-corrected chi connectivity index (χ1v) is 20.5. The third kappa shape index (κ3) is 4.73. The Morgan fingerprint density at radius 2 is 0.717 bits per heavy atom. The van der Waals surface area contributed by atoms with E-state index in [9.17, 15) is 0 Å². The van der Waals surface area contributed by atoms with E-state index in [1.807, 2.05) is 0 Å². The van der Waals surface area contributed by atoms with Gasteiger partial charge in [-0.1, -0.05) is 133 Å². The van der Waals surface area contributed by atoms with Gasteiger partial charge in [0.25, 0.3) is 0 Å². The number of nitrogens with zero attached hydrogens (tertiary/aromatic N) is 3. The van der Waals surface area contributed by atoms with Gasteiger partial charge in [-0.2, -0.15) is 0 Å². The summed E-state index contributed by atoms with van der Waals surface area (Å²) in [5.41, 5.74) is 15.7. The summed E-state index contributed by atoms with van der Waals surface area (Å²) in [6, 6.07) is 76.5. The quantitative estimate of drug-likeness (QED) is 0.171. The lowest BCUT2D eigenvalue weighted by molar-refractivity contribution is 0.646. The number of para-hydroxylation sites is 6. The Morgan fingerprint density at radius 3 is 1.30 bits per heavy atom. The van der Waals surface area contributed by atoms with Crippen molar-refractivity contribution in [3.63, 3.8) is 0 Å². The van der Waals surface area contributed by atoms with Crippen LogP contribution in [0.2, 0.25) is 0 Å². The summed E-state index contributed by atoms with van der Waals surface area (Å²) in [6.07, 6.45) is 0. The molecule has 0 unspecified atom stereocenters. The minimum Gasteiger partial charge on any atom is -0.438 e. The lowest BCUT2D eigenvalue weighted by Crippen LogP contribution is -1.94. The molecule has 4 heterocycles. The molecule has 13 rings (SSSR count). The fourth-order valence-corrected chi connectivity index (χ4v) is 9.80. The maximum Gasteiger partial charge on any atom is 0.213 e. The molecule has 0 amide bonds. The Labute approximate surface area is 345 Å². The van der Waals surface area contributed by atoms with Crippen molar-refractivity contribution in [1.29, 1.82) is 0 Å². The van der Waals surface area contributed by atoms with Crippen LogP contribution in [0.15, 0.2) is 217 Å². The van der Waals surface area contributed by atoms with Crippen LogP contribution in [-0.4, -0.2) is 13.7 Å². The first-order chi connectivity index (χ1) is 29.8. The van der Waals surface area contributed by atoms with Crippen LogP contribution in [0.1, 0.15) is 0 Å². The van der Waals surface area contributed by atoms with Crippen LogP contribution >= 0.6 is 0 Å². The Bertz CT molecular complexity index is 3810. The van der Waals surface area contributed by atoms with Gasteiger partial charge in [0.15, 0.2) is 0 Å². The van der Waals surface area contributed by atoms with E-state index < -0.39 is 0 Å². The number of fused-ring (bicyclic) bond motifs is 11. The minimum absolute atomic E-state index is 0.866. The Hall–Kier alpha value is -8.08. The molecular weight excluding hydrogens is 731 g/mol. The number of hydrogen-bond acceptors (Lipinski definition) is 1. The predicted octanol–water partition coefficient (Wildman–Crippen LogP) is 15.1. The molecule has 4 nitrogen and oxygen atoms in total. The summed E-state index contributed by atoms with van der Waals surface area (Å²) < 4.78 is 13.9. The highest BCUT2D eigenvalue weighted by Gasteiger charge is 2.22. The van der Waals surface area contributed by atoms with E-state index in [0.29, 0.717) is 0 Å². The van der Waals surface area contributed by atoms with E-state index in [-0.39, 0.29) is 0 Å². The average Bonchev–Trinajstić information content (AvgIpc) is 4.05. The molecule has 0 radical (unpaired) electrons. The molecule has 0 aliphatic carbocycles. The van der Waals surface area contributed by atoms with Crippen molar-refractivity contribution in [1.82, 2.24) is 13.7 Å². The van der Waals surface area contributed by atoms with E-state index in [0.717, 1.165) is 50.1 Å². The van der Waals surface area contributed by atoms with Crippen molar-refractivity contribution in [3.8, 4) is 39.3 Å². The lowest BCUT2D eigenvalue weighted by atomic mass is 10.0. The molecule has 0 saturated heterocycles. The normalized spacial score (nSPS) is 12.0. The monoisotopic (exact) mass is 765 g/mol. The van der Waals surface area contributed by atoms with Gasteiger partial charge >= 0.3 is 0 Å². The van der Waals surface area contributed by atoms with Crippen molar-refractivity contribution in [3.05, 3.63) is 212 Å². The van der Waals surface area contributed by atoms with Gasteiger partial charge in [0.1, 0.15) is 5.58 Å². The lowest BCUT2D eigenvalue weighted by Gasteiger charge is -2.10. The molecule has 60 heavy (non-hydrogen) atoms. The molecule has 0 saturated carbocycles. The average molecular weight is 766 g/mol. The molecule has 280 valence electrons. The Morgan fingerprint density at radius 1 is 0.283 bits per heavy atom. The first kappa shape index (κ1) is 32.9. The highest BCUT2D eigenvalue weighted by Crippen LogP contribution is 2.43. The van der Waals surface area contributed by atoms with Crippen molar-refractivity contribution in [2.24, 2.45) is 0 Å². The Balaban J connectivity index is 0.922. The second kappa shape index (κ2) is 12.7. The van der Waals surface area contributed by atoms with Gasteiger partial charge in [-0.3, -0.25) is 4.57 Å². The number of furan rings is 1. The fraction of sp³-hybridized carbons (Fsp3) is 0. The highest BCUT2D eigenvalue weighted by atomic mass is 16.3. The van der Waals surface area contributed by atoms with Crippen LogP contribution in [0, 0.1) is 0 Å². The Kier molecular flexibility index (Phi) is 6.98. The molecule has 4 aromatic heterocycles. The number of rotatable bonds is 5. The zero-order chi connectivity index (χ0) is 39.3. The highest BCUT2D eigenvalue weighted by molar-refractivity contribution is 6.22. The smallest absolute Gasteiger partial charge is 0.213 e. The minimum atomic E-state index is 0.866. The summed E-state index contributed by atoms with van der Waals surface area (Å²) >= 11 is 0. The van der Waals surface area contributed by atoms with Gasteiger partial charge in [0, 0.05) is 54.9 Å². The maximum atomic E-state index is 6.90. The number of benzene rings is 9. The number of aromatic nitrogens is 3. The predicted molar refractivity (Wildman–Crippen MR) is 250 cm³/mol. The standard InChI is InChI=1S/C56H35N3O/c1-3-14-39(15-4-1)57-49-23-10-7-18-43(49)47-34-37(28-32-52(47)57)38-29-33-53-48(35-38)44-19-8-11-24-50(44)58(53)41-30-26-36(27-31-41)42-21-13-22-46-54-45-20-9-12-25-51(45)59(56(54)60-55(42)46)40-16-5-2-6-17-40/h1-35H. The van der Waals surface area contributed by atoms with E-state index >= 15 is 0 Å². The zero-order valence-corrected chi connectivity index (χ0v) is 32.5. The van der Waals surface area contributed by atoms with Crippen LogP contribution in [0.5, 0.6) is 0 Å². The van der Waals surface area contributed by atoms with Crippen LogP contribution in [-0.2, 0) is 0 Å². The van der Waals surface area contributed by atoms with Gasteiger partial charge in [-0.25, -0.2) is 0 Å². The topological polar surface area (TPSA) is 27.9 Å². The fourth-order valence-electron chi connectivity index (χ4n) is 9.80. The summed E-state index contributed by atoms with van der Waals surface area (Å²) in [7, 11) is 0. The summed E-state index contributed by atoms with van der Waals surface area (Å²) in [5.74, 6) is 0. The molecule has 13 aromatic rings. The second-order valence-corrected chi connectivity index (χ2v) is 15.7. The molecule has 4 heteroatoms. The first-order valence-electron chi connectivity index (χ1n) is 20.5. The summed E-state index contributed by atoms with van der Waals surface area (Å²) in [6.45, 7) is 0. The zero-order valence-electron chi connectivity index (χ0n) is 32.5. The molecule has 9 aromatic carbocycles. The third-order valence-electron chi connectivity index (χ3n) is 12.5. The van der Waals surface area contributed by atoms with Crippen molar-refractivity contribution >= 4 is 76.6 Å². The molecule has 0 atom stereocenters. The van der Waals surface area contributed by atoms with Crippen LogP contribution in [0.4, 0.5) is 0 Å². The van der Waals surface area contributed by atoms with Gasteiger partial charge in [-0.05, 0) is 95.6 Å². The van der Waals surface area contributed by atoms with E-state index in [1.165, 1.54) is 65.8 Å². The molecule has 0 fully saturated rings. The maximum absolute atomic E-state index is 6.90.